The molecule has 2 saturated heterocycles. The molecule has 90 heavy (non-hydrogen) atoms. The molecule has 24 nitrogen and oxygen atoms in total. The minimum absolute atomic E-state index is 0.0314. The number of halogens is 1. The van der Waals surface area contributed by atoms with Crippen LogP contribution in [-0.2, 0) is 72.5 Å². The van der Waals surface area contributed by atoms with Crippen molar-refractivity contribution in [2.24, 2.45) is 0 Å². The summed E-state index contributed by atoms with van der Waals surface area (Å²) in [5.74, 6) is 2.73. The van der Waals surface area contributed by atoms with Crippen molar-refractivity contribution in [1.82, 2.24) is 45.0 Å². The number of para-hydroxylation sites is 1. The fourth-order valence-corrected chi connectivity index (χ4v) is 13.0. The smallest absolute Gasteiger partial charge is 0.355 e. The number of aromatic nitrogens is 5. The van der Waals surface area contributed by atoms with Gasteiger partial charge in [0, 0.05) is 98.0 Å². The molecule has 0 bridgehead atoms. The Morgan fingerprint density at radius 1 is 0.822 bits per heavy atom. The van der Waals surface area contributed by atoms with Crippen LogP contribution in [0.1, 0.15) is 96.1 Å². The summed E-state index contributed by atoms with van der Waals surface area (Å²) in [6.45, 7) is 5.65. The summed E-state index contributed by atoms with van der Waals surface area (Å²) in [4.78, 5) is 106. The van der Waals surface area contributed by atoms with Gasteiger partial charge < -0.3 is 44.1 Å². The van der Waals surface area contributed by atoms with Gasteiger partial charge in [0.05, 0.1) is 62.6 Å². The summed E-state index contributed by atoms with van der Waals surface area (Å²) < 4.78 is 40.4. The lowest BCUT2D eigenvalue weighted by Gasteiger charge is -2.33. The van der Waals surface area contributed by atoms with E-state index in [1.807, 2.05) is 46.2 Å². The lowest BCUT2D eigenvalue weighted by atomic mass is 9.94. The van der Waals surface area contributed by atoms with E-state index in [4.69, 9.17) is 18.9 Å². The number of aryl methyl sites for hydroxylation is 2. The highest BCUT2D eigenvalue weighted by Gasteiger charge is 2.40. The van der Waals surface area contributed by atoms with Crippen LogP contribution >= 0.6 is 22.7 Å². The van der Waals surface area contributed by atoms with Crippen LogP contribution in [0, 0.1) is 17.7 Å². The van der Waals surface area contributed by atoms with Crippen molar-refractivity contribution < 1.29 is 62.0 Å². The lowest BCUT2D eigenvalue weighted by Crippen LogP contribution is -2.52. The summed E-state index contributed by atoms with van der Waals surface area (Å²) in [6, 6.07) is 22.1. The Morgan fingerprint density at radius 2 is 1.64 bits per heavy atom. The first kappa shape index (κ1) is 62.6. The predicted octanol–water partition coefficient (Wildman–Crippen LogP) is 5.93. The third-order valence-corrected chi connectivity index (χ3v) is 17.8. The quantitative estimate of drug-likeness (QED) is 0.0277. The maximum atomic E-state index is 15.2. The zero-order valence-electron chi connectivity index (χ0n) is 49.1. The van der Waals surface area contributed by atoms with Gasteiger partial charge in [0.25, 0.3) is 11.8 Å². The van der Waals surface area contributed by atoms with E-state index in [2.05, 4.69) is 53.0 Å². The molecule has 0 spiro atoms. The van der Waals surface area contributed by atoms with Crippen molar-refractivity contribution in [2.45, 2.75) is 77.2 Å². The molecule has 4 aliphatic heterocycles. The van der Waals surface area contributed by atoms with Gasteiger partial charge in [-0.1, -0.05) is 58.7 Å². The molecule has 4 aliphatic rings. The topological polar surface area (TPSA) is 282 Å². The minimum atomic E-state index is -1.14. The molecule has 0 saturated carbocycles. The number of hydrogen-bond acceptors (Lipinski definition) is 19. The van der Waals surface area contributed by atoms with E-state index in [1.54, 1.807) is 47.3 Å². The number of aromatic carboxylic acids is 1. The third-order valence-electron chi connectivity index (χ3n) is 15.6. The molecule has 468 valence electrons. The molecule has 7 aromatic rings. The number of fused-ring (bicyclic) bond motifs is 3. The predicted molar refractivity (Wildman–Crippen MR) is 330 cm³/mol. The van der Waals surface area contributed by atoms with Gasteiger partial charge in [0.15, 0.2) is 27.5 Å². The number of carboxylic acids is 1. The number of carboxylic acid groups (broad SMARTS) is 1. The Balaban J connectivity index is 0.526. The molecular weight excluding hydrogens is 1200 g/mol. The van der Waals surface area contributed by atoms with E-state index in [0.717, 1.165) is 21.3 Å². The first-order valence-corrected chi connectivity index (χ1v) is 31.3. The minimum Gasteiger partial charge on any atom is -0.491 e. The summed E-state index contributed by atoms with van der Waals surface area (Å²) in [7, 11) is 0. The second-order valence-corrected chi connectivity index (χ2v) is 23.9. The van der Waals surface area contributed by atoms with Crippen LogP contribution in [0.25, 0.3) is 10.2 Å². The number of rotatable bonds is 26. The van der Waals surface area contributed by atoms with E-state index in [-0.39, 0.29) is 94.1 Å². The molecule has 4 N–H and O–H groups in total. The number of amides is 6. The Hall–Kier alpha value is -9.04. The summed E-state index contributed by atoms with van der Waals surface area (Å²) in [5.41, 5.74) is 5.79. The van der Waals surface area contributed by atoms with E-state index in [9.17, 15) is 38.7 Å². The van der Waals surface area contributed by atoms with Crippen molar-refractivity contribution in [2.75, 3.05) is 94.4 Å². The second-order valence-electron chi connectivity index (χ2n) is 21.8. The monoisotopic (exact) mass is 1260 g/mol. The highest BCUT2D eigenvalue weighted by Crippen LogP contribution is 2.35. The first-order chi connectivity index (χ1) is 43.8. The molecule has 0 radical (unpaired) electrons. The molecular formula is C63H65FN12O12S2. The van der Waals surface area contributed by atoms with E-state index >= 15 is 4.39 Å². The average molecular weight is 1270 g/mol. The molecule has 3 aromatic heterocycles. The number of piperidine rings is 1. The molecule has 4 aromatic carbocycles. The highest BCUT2D eigenvalue weighted by atomic mass is 32.1. The highest BCUT2D eigenvalue weighted by molar-refractivity contribution is 7.22. The molecule has 7 heterocycles. The van der Waals surface area contributed by atoms with Gasteiger partial charge in [-0.2, -0.15) is 0 Å². The molecule has 1 unspecified atom stereocenters. The van der Waals surface area contributed by atoms with Gasteiger partial charge >= 0.3 is 5.97 Å². The number of imide groups is 1. The van der Waals surface area contributed by atoms with Crippen molar-refractivity contribution in [3.8, 4) is 17.6 Å². The van der Waals surface area contributed by atoms with Gasteiger partial charge in [-0.05, 0) is 91.8 Å². The van der Waals surface area contributed by atoms with Crippen LogP contribution in [-0.4, -0.2) is 171 Å². The summed E-state index contributed by atoms with van der Waals surface area (Å²) in [6.07, 6.45) is 4.55. The van der Waals surface area contributed by atoms with Gasteiger partial charge in [0.2, 0.25) is 23.6 Å². The number of carbonyl (C=O) groups is 7. The third kappa shape index (κ3) is 15.7. The Morgan fingerprint density at radius 3 is 2.47 bits per heavy atom. The second kappa shape index (κ2) is 29.5. The standard InChI is InChI=1S/C63H65FN12O12S2/c64-47-34-40(17-19-51(47)88-29-7-15-53-57(61(83)84)68-63(90-53)74-24-21-41-9-3-10-43(45(41)36-74)58(80)69-62-66-49-12-1-2-14-52(49)89-62)8-5-22-72-25-27-73(28-26-72)56(79)16-6-23-75-35-42(70-71-75)38-86-32-30-85-31-33-87-39-55(78)65-48-13-4-11-44-46(48)37-76(60(44)82)50-18-20-54(77)67-59(50)81/h1-4,9-14,17,19,34-35,50H,6-7,15-16,18,20-33,36-39H2,(H,65,78)(H,83,84)(H,66,69,80)(H,67,77,81). The molecule has 6 amide bonds. The number of hydrogen-bond donors (Lipinski definition) is 4. The average Bonchev–Trinajstić information content (AvgIpc) is 1.79. The van der Waals surface area contributed by atoms with Gasteiger partial charge in [0.1, 0.15) is 18.3 Å². The number of nitrogens with zero attached hydrogens (tertiary/aromatic N) is 9. The lowest BCUT2D eigenvalue weighted by molar-refractivity contribution is -0.137. The van der Waals surface area contributed by atoms with Crippen LogP contribution < -0.4 is 25.6 Å². The molecule has 0 aliphatic carbocycles. The zero-order chi connectivity index (χ0) is 62.5. The van der Waals surface area contributed by atoms with Crippen LogP contribution in [0.3, 0.4) is 0 Å². The van der Waals surface area contributed by atoms with Crippen LogP contribution in [0.15, 0.2) is 85.1 Å². The molecule has 1 atom stereocenters. The van der Waals surface area contributed by atoms with Crippen LogP contribution in [0.4, 0.5) is 20.3 Å². The SMILES string of the molecule is O=C1CCC(N2Cc3c(NC(=O)COCCOCCOCc4cn(CCCC(=O)N5CCN(CC#Cc6ccc(OCCCc7sc(N8CCc9cccc(C(=O)Nc%10nc%11ccccc%11s%10)c9C8)nc7C(=O)O)c(F)c6)CC5)nn4)cccc3C2=O)C(=O)N1. The van der Waals surface area contributed by atoms with Gasteiger partial charge in [-0.25, -0.2) is 19.2 Å². The van der Waals surface area contributed by atoms with E-state index in [0.29, 0.717) is 140 Å². The number of ether oxygens (including phenoxy) is 4. The summed E-state index contributed by atoms with van der Waals surface area (Å²) >= 11 is 2.71. The zero-order valence-corrected chi connectivity index (χ0v) is 50.7. The fourth-order valence-electron chi connectivity index (χ4n) is 11.0. The molecule has 2 fully saturated rings. The fraction of sp³-hybridized carbons (Fsp3) is 0.381. The van der Waals surface area contributed by atoms with Gasteiger partial charge in [-0.3, -0.25) is 49.0 Å². The first-order valence-electron chi connectivity index (χ1n) is 29.7. The van der Waals surface area contributed by atoms with Crippen LogP contribution in [0.2, 0.25) is 0 Å². The van der Waals surface area contributed by atoms with Crippen molar-refractivity contribution >= 4 is 90.3 Å². The van der Waals surface area contributed by atoms with Crippen molar-refractivity contribution in [3.05, 3.63) is 141 Å². The largest absolute Gasteiger partial charge is 0.491 e. The number of piperazine rings is 1. The Bertz CT molecular complexity index is 3860. The molecule has 27 heteroatoms. The van der Waals surface area contributed by atoms with Gasteiger partial charge in [-0.15, -0.1) is 16.4 Å². The normalized spacial score (nSPS) is 15.7. The molecule has 11 rings (SSSR count). The van der Waals surface area contributed by atoms with E-state index < -0.39 is 29.6 Å². The van der Waals surface area contributed by atoms with Crippen molar-refractivity contribution in [1.29, 1.82) is 0 Å². The van der Waals surface area contributed by atoms with Crippen molar-refractivity contribution in [3.63, 3.8) is 0 Å². The number of thiazole rings is 2. The number of nitrogens with one attached hydrogen (secondary N) is 3. The maximum absolute atomic E-state index is 15.2. The Labute approximate surface area is 524 Å². The summed E-state index contributed by atoms with van der Waals surface area (Å²) in [5, 5.41) is 27.5. The number of benzene rings is 4. The van der Waals surface area contributed by atoms with Crippen LogP contribution in [0.5, 0.6) is 5.75 Å². The number of carbonyl (C=O) groups excluding carboxylic acids is 6. The maximum Gasteiger partial charge on any atom is 0.355 e. The number of anilines is 3. The Kier molecular flexibility index (Phi) is 20.5. The van der Waals surface area contributed by atoms with E-state index in [1.165, 1.54) is 33.6 Å².